The van der Waals surface area contributed by atoms with E-state index in [1.54, 1.807) is 18.2 Å². The van der Waals surface area contributed by atoms with Gasteiger partial charge in [-0.05, 0) is 60.9 Å². The molecule has 0 saturated carbocycles. The molecule has 1 fully saturated rings. The fraction of sp³-hybridized carbons (Fsp3) is 0.269. The van der Waals surface area contributed by atoms with Gasteiger partial charge in [-0.1, -0.05) is 36.4 Å². The minimum atomic E-state index is -3.73. The number of para-hydroxylation sites is 1. The maximum atomic E-state index is 13.4. The number of aryl methyl sites for hydroxylation is 1. The highest BCUT2D eigenvalue weighted by Gasteiger charge is 2.31. The van der Waals surface area contributed by atoms with Gasteiger partial charge >= 0.3 is 0 Å². The third-order valence-corrected chi connectivity index (χ3v) is 8.26. The van der Waals surface area contributed by atoms with Crippen molar-refractivity contribution in [3.8, 4) is 0 Å². The second-order valence-corrected chi connectivity index (χ2v) is 10.5. The molecule has 170 valence electrons. The van der Waals surface area contributed by atoms with Crippen LogP contribution in [-0.2, 0) is 16.4 Å². The summed E-state index contributed by atoms with van der Waals surface area (Å²) in [6.45, 7) is 5.19. The van der Waals surface area contributed by atoms with Crippen LogP contribution in [0.5, 0.6) is 0 Å². The number of carbonyl (C=O) groups is 1. The molecular formula is C26H27N3O3S. The van der Waals surface area contributed by atoms with Crippen molar-refractivity contribution in [1.82, 2.24) is 4.90 Å². The van der Waals surface area contributed by atoms with E-state index in [-0.39, 0.29) is 10.8 Å². The lowest BCUT2D eigenvalue weighted by atomic mass is 10.1. The maximum Gasteiger partial charge on any atom is 0.264 e. The van der Waals surface area contributed by atoms with Gasteiger partial charge in [-0.15, -0.1) is 0 Å². The van der Waals surface area contributed by atoms with Gasteiger partial charge in [-0.2, -0.15) is 0 Å². The Morgan fingerprint density at radius 1 is 0.818 bits per heavy atom. The SMILES string of the molecule is Cc1cccc(N2CCN(C(=O)c3cccc(S(=O)(=O)N4CCc5ccccc54)c3)CC2)c1. The van der Waals surface area contributed by atoms with E-state index in [9.17, 15) is 13.2 Å². The molecule has 0 radical (unpaired) electrons. The Morgan fingerprint density at radius 3 is 2.36 bits per heavy atom. The number of hydrogen-bond donors (Lipinski definition) is 0. The van der Waals surface area contributed by atoms with Crippen molar-refractivity contribution in [3.05, 3.63) is 89.5 Å². The number of amides is 1. The zero-order valence-corrected chi connectivity index (χ0v) is 19.5. The van der Waals surface area contributed by atoms with Crippen LogP contribution in [0, 0.1) is 6.92 Å². The van der Waals surface area contributed by atoms with E-state index in [0.717, 1.165) is 24.3 Å². The number of hydrogen-bond acceptors (Lipinski definition) is 4. The summed E-state index contributed by atoms with van der Waals surface area (Å²) in [6, 6.07) is 22.4. The van der Waals surface area contributed by atoms with Crippen LogP contribution in [0.1, 0.15) is 21.5 Å². The van der Waals surface area contributed by atoms with Crippen molar-refractivity contribution in [2.24, 2.45) is 0 Å². The number of benzene rings is 3. The molecule has 0 aliphatic carbocycles. The summed E-state index contributed by atoms with van der Waals surface area (Å²) in [6.07, 6.45) is 0.694. The molecule has 0 atom stereocenters. The van der Waals surface area contributed by atoms with E-state index in [1.165, 1.54) is 21.6 Å². The molecule has 0 N–H and O–H groups in total. The lowest BCUT2D eigenvalue weighted by Gasteiger charge is -2.36. The molecule has 6 nitrogen and oxygen atoms in total. The molecule has 3 aromatic carbocycles. The van der Waals surface area contributed by atoms with E-state index >= 15 is 0 Å². The number of sulfonamides is 1. The van der Waals surface area contributed by atoms with Crippen LogP contribution in [0.3, 0.4) is 0 Å². The van der Waals surface area contributed by atoms with Gasteiger partial charge in [0.25, 0.3) is 15.9 Å². The highest BCUT2D eigenvalue weighted by atomic mass is 32.2. The molecule has 0 unspecified atom stereocenters. The van der Waals surface area contributed by atoms with Gasteiger partial charge in [0.1, 0.15) is 0 Å². The van der Waals surface area contributed by atoms with E-state index in [4.69, 9.17) is 0 Å². The minimum absolute atomic E-state index is 0.127. The van der Waals surface area contributed by atoms with Crippen molar-refractivity contribution in [2.75, 3.05) is 41.9 Å². The average Bonchev–Trinajstić information content (AvgIpc) is 3.29. The second kappa shape index (κ2) is 8.56. The number of piperazine rings is 1. The Bertz CT molecular complexity index is 1300. The molecule has 2 aliphatic heterocycles. The summed E-state index contributed by atoms with van der Waals surface area (Å²) < 4.78 is 28.2. The molecule has 7 heteroatoms. The average molecular weight is 462 g/mol. The van der Waals surface area contributed by atoms with Crippen LogP contribution in [0.2, 0.25) is 0 Å². The number of nitrogens with zero attached hydrogens (tertiary/aromatic N) is 3. The van der Waals surface area contributed by atoms with Crippen molar-refractivity contribution in [1.29, 1.82) is 0 Å². The quantitative estimate of drug-likeness (QED) is 0.594. The monoisotopic (exact) mass is 461 g/mol. The molecule has 3 aromatic rings. The van der Waals surface area contributed by atoms with Gasteiger partial charge in [0.2, 0.25) is 0 Å². The summed E-state index contributed by atoms with van der Waals surface area (Å²) in [5, 5.41) is 0. The van der Waals surface area contributed by atoms with E-state index in [0.29, 0.717) is 31.6 Å². The summed E-state index contributed by atoms with van der Waals surface area (Å²) in [4.78, 5) is 17.4. The first kappa shape index (κ1) is 21.5. The van der Waals surface area contributed by atoms with Crippen molar-refractivity contribution in [2.45, 2.75) is 18.2 Å². The van der Waals surface area contributed by atoms with E-state index in [2.05, 4.69) is 30.0 Å². The van der Waals surface area contributed by atoms with Crippen LogP contribution in [0.15, 0.2) is 77.7 Å². The normalized spacial score (nSPS) is 16.1. The molecule has 2 aliphatic rings. The Morgan fingerprint density at radius 2 is 1.58 bits per heavy atom. The number of anilines is 2. The predicted octanol–water partition coefficient (Wildman–Crippen LogP) is 3.71. The van der Waals surface area contributed by atoms with Gasteiger partial charge < -0.3 is 9.80 Å². The summed E-state index contributed by atoms with van der Waals surface area (Å²) in [5.74, 6) is -0.127. The molecule has 33 heavy (non-hydrogen) atoms. The molecule has 2 heterocycles. The van der Waals surface area contributed by atoms with Crippen LogP contribution >= 0.6 is 0 Å². The van der Waals surface area contributed by atoms with Gasteiger partial charge in [0.05, 0.1) is 10.6 Å². The molecule has 0 aromatic heterocycles. The molecule has 1 saturated heterocycles. The van der Waals surface area contributed by atoms with Crippen molar-refractivity contribution < 1.29 is 13.2 Å². The van der Waals surface area contributed by atoms with Crippen LogP contribution < -0.4 is 9.21 Å². The minimum Gasteiger partial charge on any atom is -0.368 e. The summed E-state index contributed by atoms with van der Waals surface area (Å²) in [5.41, 5.74) is 4.54. The molecular weight excluding hydrogens is 434 g/mol. The zero-order valence-electron chi connectivity index (χ0n) is 18.6. The number of rotatable bonds is 4. The molecule has 0 spiro atoms. The predicted molar refractivity (Wildman–Crippen MR) is 130 cm³/mol. The fourth-order valence-corrected chi connectivity index (χ4v) is 6.20. The summed E-state index contributed by atoms with van der Waals surface area (Å²) >= 11 is 0. The Hall–Kier alpha value is -3.32. The van der Waals surface area contributed by atoms with Crippen LogP contribution in [0.4, 0.5) is 11.4 Å². The zero-order chi connectivity index (χ0) is 23.0. The standard InChI is InChI=1S/C26H27N3O3S/c1-20-6-4-9-23(18-20)27-14-16-28(17-15-27)26(30)22-8-5-10-24(19-22)33(31,32)29-13-12-21-7-2-3-11-25(21)29/h2-11,18-19H,12-17H2,1H3. The summed E-state index contributed by atoms with van der Waals surface area (Å²) in [7, 11) is -3.73. The number of carbonyl (C=O) groups excluding carboxylic acids is 1. The third kappa shape index (κ3) is 4.09. The highest BCUT2D eigenvalue weighted by molar-refractivity contribution is 7.92. The fourth-order valence-electron chi connectivity index (χ4n) is 4.65. The second-order valence-electron chi connectivity index (χ2n) is 8.60. The van der Waals surface area contributed by atoms with Gasteiger partial charge in [0, 0.05) is 44.0 Å². The Labute approximate surface area is 195 Å². The topological polar surface area (TPSA) is 60.9 Å². The van der Waals surface area contributed by atoms with E-state index in [1.807, 2.05) is 35.2 Å². The largest absolute Gasteiger partial charge is 0.368 e. The smallest absolute Gasteiger partial charge is 0.264 e. The van der Waals surface area contributed by atoms with E-state index < -0.39 is 10.0 Å². The molecule has 1 amide bonds. The number of fused-ring (bicyclic) bond motifs is 1. The first-order chi connectivity index (χ1) is 15.9. The lowest BCUT2D eigenvalue weighted by Crippen LogP contribution is -2.48. The molecule has 5 rings (SSSR count). The maximum absolute atomic E-state index is 13.4. The van der Waals surface area contributed by atoms with Crippen LogP contribution in [-0.4, -0.2) is 51.9 Å². The van der Waals surface area contributed by atoms with Crippen molar-refractivity contribution in [3.63, 3.8) is 0 Å². The van der Waals surface area contributed by atoms with Gasteiger partial charge in [0.15, 0.2) is 0 Å². The Balaban J connectivity index is 1.32. The van der Waals surface area contributed by atoms with Crippen molar-refractivity contribution >= 4 is 27.3 Å². The third-order valence-electron chi connectivity index (χ3n) is 6.45. The van der Waals surface area contributed by atoms with Crippen LogP contribution in [0.25, 0.3) is 0 Å². The van der Waals surface area contributed by atoms with Gasteiger partial charge in [-0.3, -0.25) is 9.10 Å². The first-order valence-corrected chi connectivity index (χ1v) is 12.7. The first-order valence-electron chi connectivity index (χ1n) is 11.2. The lowest BCUT2D eigenvalue weighted by molar-refractivity contribution is 0.0746. The Kier molecular flexibility index (Phi) is 5.58. The highest BCUT2D eigenvalue weighted by Crippen LogP contribution is 2.33. The molecule has 0 bridgehead atoms. The van der Waals surface area contributed by atoms with Gasteiger partial charge in [-0.25, -0.2) is 8.42 Å².